The standard InChI is InChI=1S/C20H25FN2O3S2/c1-14(2)19(23-28(25,26)18-7-5-4-6-17(18)21)20(24)22-12-13-27-16-10-8-15(3)9-11-16/h4-11,14,19,23H,12-13H2,1-3H3,(H,22,24). The van der Waals surface area contributed by atoms with E-state index in [0.29, 0.717) is 12.3 Å². The lowest BCUT2D eigenvalue weighted by Gasteiger charge is -2.21. The van der Waals surface area contributed by atoms with Gasteiger partial charge in [-0.05, 0) is 37.1 Å². The molecule has 1 atom stereocenters. The van der Waals surface area contributed by atoms with Crippen LogP contribution in [0.1, 0.15) is 19.4 Å². The van der Waals surface area contributed by atoms with Crippen LogP contribution in [0, 0.1) is 18.7 Å². The fourth-order valence-corrected chi connectivity index (χ4v) is 4.66. The van der Waals surface area contributed by atoms with Crippen LogP contribution in [0.5, 0.6) is 0 Å². The van der Waals surface area contributed by atoms with Gasteiger partial charge in [0.15, 0.2) is 0 Å². The molecule has 152 valence electrons. The van der Waals surface area contributed by atoms with Crippen molar-refractivity contribution in [3.8, 4) is 0 Å². The molecule has 1 unspecified atom stereocenters. The van der Waals surface area contributed by atoms with Crippen molar-refractivity contribution < 1.29 is 17.6 Å². The number of nitrogens with one attached hydrogen (secondary N) is 2. The summed E-state index contributed by atoms with van der Waals surface area (Å²) in [7, 11) is -4.15. The normalized spacial score (nSPS) is 12.8. The van der Waals surface area contributed by atoms with Crippen molar-refractivity contribution in [3.63, 3.8) is 0 Å². The van der Waals surface area contributed by atoms with E-state index in [4.69, 9.17) is 0 Å². The van der Waals surface area contributed by atoms with Gasteiger partial charge in [-0.25, -0.2) is 12.8 Å². The van der Waals surface area contributed by atoms with Crippen LogP contribution < -0.4 is 10.0 Å². The van der Waals surface area contributed by atoms with Gasteiger partial charge in [-0.2, -0.15) is 4.72 Å². The average Bonchev–Trinajstić information content (AvgIpc) is 2.64. The maximum absolute atomic E-state index is 13.8. The Kier molecular flexibility index (Phi) is 8.03. The zero-order chi connectivity index (χ0) is 20.7. The molecule has 2 aromatic rings. The summed E-state index contributed by atoms with van der Waals surface area (Å²) in [6, 6.07) is 12.2. The van der Waals surface area contributed by atoms with Crippen LogP contribution >= 0.6 is 11.8 Å². The quantitative estimate of drug-likeness (QED) is 0.478. The van der Waals surface area contributed by atoms with Crippen molar-refractivity contribution >= 4 is 27.7 Å². The second kappa shape index (κ2) is 10.0. The van der Waals surface area contributed by atoms with Crippen molar-refractivity contribution in [1.82, 2.24) is 10.0 Å². The third kappa shape index (κ3) is 6.32. The van der Waals surface area contributed by atoms with E-state index in [1.54, 1.807) is 25.6 Å². The van der Waals surface area contributed by atoms with Crippen molar-refractivity contribution in [2.75, 3.05) is 12.3 Å². The number of halogens is 1. The maximum Gasteiger partial charge on any atom is 0.244 e. The van der Waals surface area contributed by atoms with E-state index in [1.165, 1.54) is 23.8 Å². The molecule has 0 fully saturated rings. The number of benzene rings is 2. The number of carbonyl (C=O) groups excluding carboxylic acids is 1. The van der Waals surface area contributed by atoms with Crippen molar-refractivity contribution in [3.05, 3.63) is 59.9 Å². The first-order chi connectivity index (χ1) is 13.2. The van der Waals surface area contributed by atoms with Crippen LogP contribution in [0.3, 0.4) is 0 Å². The molecule has 2 N–H and O–H groups in total. The van der Waals surface area contributed by atoms with Crippen LogP contribution in [0.4, 0.5) is 4.39 Å². The lowest BCUT2D eigenvalue weighted by atomic mass is 10.1. The van der Waals surface area contributed by atoms with Crippen molar-refractivity contribution in [2.45, 2.75) is 36.6 Å². The Balaban J connectivity index is 1.94. The van der Waals surface area contributed by atoms with E-state index >= 15 is 0 Å². The fourth-order valence-electron chi connectivity index (χ4n) is 2.47. The van der Waals surface area contributed by atoms with Crippen molar-refractivity contribution in [1.29, 1.82) is 0 Å². The first-order valence-electron chi connectivity index (χ1n) is 8.95. The Morgan fingerprint density at radius 1 is 1.11 bits per heavy atom. The van der Waals surface area contributed by atoms with Gasteiger partial charge >= 0.3 is 0 Å². The number of aryl methyl sites for hydroxylation is 1. The van der Waals surface area contributed by atoms with E-state index in [9.17, 15) is 17.6 Å². The van der Waals surface area contributed by atoms with Crippen LogP contribution in [0.15, 0.2) is 58.3 Å². The smallest absolute Gasteiger partial charge is 0.244 e. The molecule has 0 saturated heterocycles. The van der Waals surface area contributed by atoms with E-state index in [0.717, 1.165) is 11.0 Å². The van der Waals surface area contributed by atoms with Gasteiger partial charge in [0.05, 0.1) is 0 Å². The molecule has 8 heteroatoms. The van der Waals surface area contributed by atoms with Crippen LogP contribution in [0.2, 0.25) is 0 Å². The van der Waals surface area contributed by atoms with Gasteiger partial charge in [0.25, 0.3) is 0 Å². The average molecular weight is 425 g/mol. The van der Waals surface area contributed by atoms with E-state index < -0.39 is 32.7 Å². The molecule has 0 aromatic heterocycles. The number of hydrogen-bond donors (Lipinski definition) is 2. The molecule has 0 aliphatic carbocycles. The zero-order valence-electron chi connectivity index (χ0n) is 16.1. The molecular formula is C20H25FN2O3S2. The largest absolute Gasteiger partial charge is 0.354 e. The number of amides is 1. The minimum Gasteiger partial charge on any atom is -0.354 e. The van der Waals surface area contributed by atoms with Gasteiger partial charge in [0.2, 0.25) is 15.9 Å². The number of sulfonamides is 1. The highest BCUT2D eigenvalue weighted by Crippen LogP contribution is 2.18. The predicted octanol–water partition coefficient (Wildman–Crippen LogP) is 3.35. The summed E-state index contributed by atoms with van der Waals surface area (Å²) < 4.78 is 41.1. The van der Waals surface area contributed by atoms with Gasteiger partial charge < -0.3 is 5.32 Å². The SMILES string of the molecule is Cc1ccc(SCCNC(=O)C(NS(=O)(=O)c2ccccc2F)C(C)C)cc1. The van der Waals surface area contributed by atoms with Crippen LogP contribution in [-0.2, 0) is 14.8 Å². The molecule has 0 aliphatic heterocycles. The van der Waals surface area contributed by atoms with Crippen LogP contribution in [-0.4, -0.2) is 32.7 Å². The molecule has 0 heterocycles. The maximum atomic E-state index is 13.8. The molecule has 28 heavy (non-hydrogen) atoms. The molecular weight excluding hydrogens is 399 g/mol. The predicted molar refractivity (Wildman–Crippen MR) is 110 cm³/mol. The van der Waals surface area contributed by atoms with Gasteiger partial charge in [-0.3, -0.25) is 4.79 Å². The highest BCUT2D eigenvalue weighted by molar-refractivity contribution is 7.99. The highest BCUT2D eigenvalue weighted by Gasteiger charge is 2.29. The summed E-state index contributed by atoms with van der Waals surface area (Å²) in [6.45, 7) is 5.87. The molecule has 0 bridgehead atoms. The van der Waals surface area contributed by atoms with E-state index in [1.807, 2.05) is 31.2 Å². The molecule has 0 saturated carbocycles. The first-order valence-corrected chi connectivity index (χ1v) is 11.4. The summed E-state index contributed by atoms with van der Waals surface area (Å²) in [5, 5.41) is 2.75. The summed E-state index contributed by atoms with van der Waals surface area (Å²) in [4.78, 5) is 13.1. The van der Waals surface area contributed by atoms with E-state index in [-0.39, 0.29) is 5.92 Å². The highest BCUT2D eigenvalue weighted by atomic mass is 32.2. The Hall–Kier alpha value is -1.90. The number of thioether (sulfide) groups is 1. The summed E-state index contributed by atoms with van der Waals surface area (Å²) in [5.41, 5.74) is 1.18. The second-order valence-electron chi connectivity index (χ2n) is 6.73. The molecule has 5 nitrogen and oxygen atoms in total. The van der Waals surface area contributed by atoms with Gasteiger partial charge in [-0.15, -0.1) is 11.8 Å². The van der Waals surface area contributed by atoms with Gasteiger partial charge in [-0.1, -0.05) is 43.7 Å². The molecule has 2 aromatic carbocycles. The molecule has 0 spiro atoms. The number of carbonyl (C=O) groups is 1. The van der Waals surface area contributed by atoms with E-state index in [2.05, 4.69) is 10.0 Å². The first kappa shape index (κ1) is 22.4. The third-order valence-electron chi connectivity index (χ3n) is 4.05. The lowest BCUT2D eigenvalue weighted by molar-refractivity contribution is -0.123. The summed E-state index contributed by atoms with van der Waals surface area (Å²) in [5.74, 6) is -0.933. The monoisotopic (exact) mass is 424 g/mol. The fraction of sp³-hybridized carbons (Fsp3) is 0.350. The zero-order valence-corrected chi connectivity index (χ0v) is 17.7. The van der Waals surface area contributed by atoms with Crippen LogP contribution in [0.25, 0.3) is 0 Å². The molecule has 0 aliphatic rings. The molecule has 2 rings (SSSR count). The second-order valence-corrected chi connectivity index (χ2v) is 9.58. The summed E-state index contributed by atoms with van der Waals surface area (Å²) >= 11 is 1.60. The number of hydrogen-bond acceptors (Lipinski definition) is 4. The minimum absolute atomic E-state index is 0.300. The third-order valence-corrected chi connectivity index (χ3v) is 6.54. The summed E-state index contributed by atoms with van der Waals surface area (Å²) in [6.07, 6.45) is 0. The topological polar surface area (TPSA) is 75.3 Å². The minimum atomic E-state index is -4.15. The Bertz CT molecular complexity index is 900. The Morgan fingerprint density at radius 2 is 1.75 bits per heavy atom. The van der Waals surface area contributed by atoms with Crippen molar-refractivity contribution in [2.24, 2.45) is 5.92 Å². The number of rotatable bonds is 9. The lowest BCUT2D eigenvalue weighted by Crippen LogP contribution is -2.50. The Labute approximate surface area is 170 Å². The molecule has 0 radical (unpaired) electrons. The molecule has 1 amide bonds. The Morgan fingerprint density at radius 3 is 2.36 bits per heavy atom. The van der Waals surface area contributed by atoms with Gasteiger partial charge in [0.1, 0.15) is 16.8 Å². The van der Waals surface area contributed by atoms with Gasteiger partial charge in [0, 0.05) is 17.2 Å².